The van der Waals surface area contributed by atoms with Crippen molar-refractivity contribution in [2.24, 2.45) is 0 Å². The van der Waals surface area contributed by atoms with Crippen molar-refractivity contribution in [1.29, 1.82) is 0 Å². The van der Waals surface area contributed by atoms with Crippen molar-refractivity contribution in [3.8, 4) is 0 Å². The SMILES string of the molecule is C.CCCS(=O)(=O)O. The van der Waals surface area contributed by atoms with E-state index < -0.39 is 10.1 Å². The smallest absolute Gasteiger partial charge is 0.264 e. The third kappa shape index (κ3) is 9.32. The summed E-state index contributed by atoms with van der Waals surface area (Å²) in [6.45, 7) is 1.69. The molecule has 0 fully saturated rings. The molecule has 3 nitrogen and oxygen atoms in total. The molecular weight excluding hydrogens is 128 g/mol. The second kappa shape index (κ2) is 3.86. The van der Waals surface area contributed by atoms with Crippen LogP contribution in [0.4, 0.5) is 0 Å². The van der Waals surface area contributed by atoms with Crippen LogP contribution < -0.4 is 0 Å². The molecule has 1 N–H and O–H groups in total. The number of hydrogen-bond acceptors (Lipinski definition) is 2. The molecule has 52 valence electrons. The first-order chi connectivity index (χ1) is 3.06. The van der Waals surface area contributed by atoms with Gasteiger partial charge in [0.15, 0.2) is 0 Å². The predicted molar refractivity (Wildman–Crippen MR) is 33.4 cm³/mol. The van der Waals surface area contributed by atoms with Crippen LogP contribution in [0.1, 0.15) is 20.8 Å². The molecule has 0 heterocycles. The van der Waals surface area contributed by atoms with Gasteiger partial charge in [-0.05, 0) is 6.42 Å². The summed E-state index contributed by atoms with van der Waals surface area (Å²) in [6, 6.07) is 0. The highest BCUT2D eigenvalue weighted by Crippen LogP contribution is 1.83. The molecule has 0 saturated carbocycles. The number of rotatable bonds is 2. The van der Waals surface area contributed by atoms with Crippen LogP contribution in [0.25, 0.3) is 0 Å². The lowest BCUT2D eigenvalue weighted by Crippen LogP contribution is -2.01. The molecule has 0 unspecified atom stereocenters. The van der Waals surface area contributed by atoms with Crippen LogP contribution in [-0.2, 0) is 10.1 Å². The van der Waals surface area contributed by atoms with Gasteiger partial charge in [-0.3, -0.25) is 4.55 Å². The van der Waals surface area contributed by atoms with E-state index in [-0.39, 0.29) is 13.2 Å². The van der Waals surface area contributed by atoms with E-state index in [0.29, 0.717) is 6.42 Å². The molecule has 0 amide bonds. The average molecular weight is 140 g/mol. The summed E-state index contributed by atoms with van der Waals surface area (Å²) < 4.78 is 27.6. The molecule has 0 aromatic carbocycles. The van der Waals surface area contributed by atoms with E-state index in [0.717, 1.165) is 0 Å². The van der Waals surface area contributed by atoms with Crippen LogP contribution in [0.2, 0.25) is 0 Å². The van der Waals surface area contributed by atoms with Crippen LogP contribution >= 0.6 is 0 Å². The maximum Gasteiger partial charge on any atom is 0.264 e. The Morgan fingerprint density at radius 2 is 1.88 bits per heavy atom. The monoisotopic (exact) mass is 140 g/mol. The van der Waals surface area contributed by atoms with E-state index in [2.05, 4.69) is 0 Å². The van der Waals surface area contributed by atoms with Crippen LogP contribution in [0.5, 0.6) is 0 Å². The average Bonchev–Trinajstić information content (AvgIpc) is 1.30. The largest absolute Gasteiger partial charge is 0.286 e. The van der Waals surface area contributed by atoms with Gasteiger partial charge in [-0.1, -0.05) is 14.4 Å². The predicted octanol–water partition coefficient (Wildman–Crippen LogP) is 0.920. The fourth-order valence-electron chi connectivity index (χ4n) is 0.258. The third-order valence-corrected chi connectivity index (χ3v) is 1.39. The molecule has 0 aliphatic rings. The quantitative estimate of drug-likeness (QED) is 0.580. The molecule has 8 heavy (non-hydrogen) atoms. The summed E-state index contributed by atoms with van der Waals surface area (Å²) in [7, 11) is -3.67. The van der Waals surface area contributed by atoms with Crippen LogP contribution in [0, 0.1) is 0 Å². The summed E-state index contributed by atoms with van der Waals surface area (Å²) in [4.78, 5) is 0. The summed E-state index contributed by atoms with van der Waals surface area (Å²) in [5.41, 5.74) is 0. The normalized spacial score (nSPS) is 10.2. The van der Waals surface area contributed by atoms with Crippen molar-refractivity contribution in [2.75, 3.05) is 5.75 Å². The summed E-state index contributed by atoms with van der Waals surface area (Å²) in [5.74, 6) is -0.132. The fraction of sp³-hybridized carbons (Fsp3) is 1.00. The van der Waals surface area contributed by atoms with Gasteiger partial charge in [0, 0.05) is 0 Å². The van der Waals surface area contributed by atoms with Crippen LogP contribution in [0.15, 0.2) is 0 Å². The molecule has 0 saturated heterocycles. The number of hydrogen-bond donors (Lipinski definition) is 1. The molecular formula is C4H12O3S. The van der Waals surface area contributed by atoms with Crippen molar-refractivity contribution in [1.82, 2.24) is 0 Å². The van der Waals surface area contributed by atoms with Gasteiger partial charge in [-0.15, -0.1) is 0 Å². The van der Waals surface area contributed by atoms with E-state index in [1.807, 2.05) is 0 Å². The van der Waals surface area contributed by atoms with Crippen molar-refractivity contribution < 1.29 is 13.0 Å². The Labute approximate surface area is 50.5 Å². The Hall–Kier alpha value is -0.0900. The van der Waals surface area contributed by atoms with Gasteiger partial charge in [-0.25, -0.2) is 0 Å². The van der Waals surface area contributed by atoms with Gasteiger partial charge in [-0.2, -0.15) is 8.42 Å². The standard InChI is InChI=1S/C3H8O3S.CH4/c1-2-3-7(4,5)6;/h2-3H2,1H3,(H,4,5,6);1H4. The van der Waals surface area contributed by atoms with E-state index in [9.17, 15) is 8.42 Å². The first-order valence-electron chi connectivity index (χ1n) is 2.01. The van der Waals surface area contributed by atoms with E-state index >= 15 is 0 Å². The summed E-state index contributed by atoms with van der Waals surface area (Å²) in [6.07, 6.45) is 0.471. The summed E-state index contributed by atoms with van der Waals surface area (Å²) >= 11 is 0. The van der Waals surface area contributed by atoms with Gasteiger partial charge in [0.05, 0.1) is 5.75 Å². The van der Waals surface area contributed by atoms with Crippen molar-refractivity contribution >= 4 is 10.1 Å². The van der Waals surface area contributed by atoms with Gasteiger partial charge in [0.25, 0.3) is 10.1 Å². The fourth-order valence-corrected chi connectivity index (χ4v) is 0.774. The van der Waals surface area contributed by atoms with Crippen molar-refractivity contribution in [3.63, 3.8) is 0 Å². The van der Waals surface area contributed by atoms with E-state index in [1.54, 1.807) is 6.92 Å². The topological polar surface area (TPSA) is 54.4 Å². The minimum absolute atomic E-state index is 0. The second-order valence-corrected chi connectivity index (χ2v) is 2.86. The highest BCUT2D eigenvalue weighted by atomic mass is 32.2. The maximum atomic E-state index is 9.79. The minimum Gasteiger partial charge on any atom is -0.286 e. The Morgan fingerprint density at radius 1 is 1.50 bits per heavy atom. The van der Waals surface area contributed by atoms with Gasteiger partial charge in [0.1, 0.15) is 0 Å². The maximum absolute atomic E-state index is 9.79. The molecule has 0 bridgehead atoms. The van der Waals surface area contributed by atoms with Crippen molar-refractivity contribution in [3.05, 3.63) is 0 Å². The molecule has 0 rings (SSSR count). The van der Waals surface area contributed by atoms with Crippen LogP contribution in [0.3, 0.4) is 0 Å². The zero-order valence-electron chi connectivity index (χ0n) is 4.09. The molecule has 0 atom stereocenters. The van der Waals surface area contributed by atoms with E-state index in [1.165, 1.54) is 0 Å². The third-order valence-electron chi connectivity index (χ3n) is 0.462. The Bertz CT molecular complexity index is 124. The van der Waals surface area contributed by atoms with Gasteiger partial charge < -0.3 is 0 Å². The molecule has 0 spiro atoms. The highest BCUT2D eigenvalue weighted by molar-refractivity contribution is 7.85. The lowest BCUT2D eigenvalue weighted by atomic mass is 10.6. The second-order valence-electron chi connectivity index (χ2n) is 1.29. The molecule has 0 aromatic heterocycles. The van der Waals surface area contributed by atoms with Crippen molar-refractivity contribution in [2.45, 2.75) is 20.8 Å². The van der Waals surface area contributed by atoms with Gasteiger partial charge in [0.2, 0.25) is 0 Å². The molecule has 4 heteroatoms. The first kappa shape index (κ1) is 10.8. The first-order valence-corrected chi connectivity index (χ1v) is 3.62. The zero-order chi connectivity index (χ0) is 5.91. The molecule has 0 radical (unpaired) electrons. The zero-order valence-corrected chi connectivity index (χ0v) is 4.90. The van der Waals surface area contributed by atoms with Gasteiger partial charge >= 0.3 is 0 Å². The van der Waals surface area contributed by atoms with E-state index in [4.69, 9.17) is 4.55 Å². The highest BCUT2D eigenvalue weighted by Gasteiger charge is 1.98. The molecule has 0 aromatic rings. The Morgan fingerprint density at radius 3 is 1.88 bits per heavy atom. The van der Waals surface area contributed by atoms with Crippen LogP contribution in [-0.4, -0.2) is 18.7 Å². The lowest BCUT2D eigenvalue weighted by molar-refractivity contribution is 0.482. The Kier molecular flexibility index (Phi) is 5.21. The minimum atomic E-state index is -3.67. The summed E-state index contributed by atoms with van der Waals surface area (Å²) in [5, 5.41) is 0. The lowest BCUT2D eigenvalue weighted by Gasteiger charge is -1.85. The molecule has 0 aliphatic heterocycles. The molecule has 0 aliphatic carbocycles. The Balaban J connectivity index is 0.